The van der Waals surface area contributed by atoms with Gasteiger partial charge in [0.2, 0.25) is 0 Å². The average Bonchev–Trinajstić information content (AvgIpc) is 2.78. The van der Waals surface area contributed by atoms with Crippen molar-refractivity contribution < 1.29 is 0 Å². The molecule has 0 saturated heterocycles. The Morgan fingerprint density at radius 2 is 0.806 bits per heavy atom. The van der Waals surface area contributed by atoms with Gasteiger partial charge in [-0.1, -0.05) is 121 Å². The summed E-state index contributed by atoms with van der Waals surface area (Å²) in [7, 11) is 0. The highest BCUT2D eigenvalue weighted by molar-refractivity contribution is 5.02. The molecule has 0 rings (SSSR count). The summed E-state index contributed by atoms with van der Waals surface area (Å²) in [5.74, 6) is 0. The molecule has 0 fully saturated rings. The highest BCUT2D eigenvalue weighted by Gasteiger charge is 2.00. The van der Waals surface area contributed by atoms with Gasteiger partial charge in [-0.05, 0) is 64.2 Å². The minimum absolute atomic E-state index is 1.19. The molecule has 0 heterocycles. The van der Waals surface area contributed by atoms with Crippen molar-refractivity contribution in [2.75, 3.05) is 0 Å². The van der Waals surface area contributed by atoms with Crippen LogP contribution in [0, 0.1) is 0 Å². The van der Waals surface area contributed by atoms with Gasteiger partial charge in [0.15, 0.2) is 0 Å². The Labute approximate surface area is 198 Å². The molecule has 0 aliphatic heterocycles. The van der Waals surface area contributed by atoms with Crippen LogP contribution in [0.25, 0.3) is 0 Å². The van der Waals surface area contributed by atoms with E-state index in [0.717, 1.165) is 0 Å². The van der Waals surface area contributed by atoms with Crippen molar-refractivity contribution in [2.24, 2.45) is 0 Å². The molecule has 0 aliphatic rings. The fraction of sp³-hybridized carbons (Fsp3) is 0.806. The molecule has 0 N–H and O–H groups in total. The standard InChI is InChI=1S/C31H58/c1-4-7-10-13-16-18-21-24-27-30-31(28-25-22-19-15-12-9-6-3)29-26-23-20-17-14-11-8-5-2/h5-6,30H,2-4,7-29H2,1H3. The third-order valence-electron chi connectivity index (χ3n) is 6.55. The van der Waals surface area contributed by atoms with E-state index >= 15 is 0 Å². The van der Waals surface area contributed by atoms with Crippen LogP contribution in [0.1, 0.15) is 161 Å². The summed E-state index contributed by atoms with van der Waals surface area (Å²) in [5.41, 5.74) is 1.78. The highest BCUT2D eigenvalue weighted by atomic mass is 14.1. The molecule has 0 heteroatoms. The summed E-state index contributed by atoms with van der Waals surface area (Å²) in [6.45, 7) is 9.95. The molecule has 0 saturated carbocycles. The Bertz CT molecular complexity index is 389. The maximum absolute atomic E-state index is 3.83. The van der Waals surface area contributed by atoms with Crippen LogP contribution in [0.3, 0.4) is 0 Å². The molecule has 0 aromatic rings. The van der Waals surface area contributed by atoms with Gasteiger partial charge in [-0.3, -0.25) is 0 Å². The first-order valence-corrected chi connectivity index (χ1v) is 14.2. The van der Waals surface area contributed by atoms with E-state index in [1.165, 1.54) is 154 Å². The molecular weight excluding hydrogens is 372 g/mol. The van der Waals surface area contributed by atoms with Crippen molar-refractivity contribution in [1.82, 2.24) is 0 Å². The smallest absolute Gasteiger partial charge is 0.0320 e. The quantitative estimate of drug-likeness (QED) is 0.0945. The van der Waals surface area contributed by atoms with E-state index in [1.807, 2.05) is 0 Å². The number of hydrogen-bond donors (Lipinski definition) is 0. The lowest BCUT2D eigenvalue weighted by molar-refractivity contribution is 0.572. The van der Waals surface area contributed by atoms with E-state index < -0.39 is 0 Å². The average molecular weight is 431 g/mol. The molecule has 0 aromatic carbocycles. The van der Waals surface area contributed by atoms with Crippen LogP contribution in [0.5, 0.6) is 0 Å². The fourth-order valence-corrected chi connectivity index (χ4v) is 4.43. The molecule has 182 valence electrons. The monoisotopic (exact) mass is 430 g/mol. The van der Waals surface area contributed by atoms with Crippen LogP contribution in [0.2, 0.25) is 0 Å². The lowest BCUT2D eigenvalue weighted by Crippen LogP contribution is -1.89. The molecule has 0 bridgehead atoms. The Balaban J connectivity index is 3.96. The second-order valence-electron chi connectivity index (χ2n) is 9.67. The van der Waals surface area contributed by atoms with E-state index in [2.05, 4.69) is 38.3 Å². The van der Waals surface area contributed by atoms with Crippen LogP contribution in [0.15, 0.2) is 37.0 Å². The minimum Gasteiger partial charge on any atom is -0.103 e. The molecule has 0 aliphatic carbocycles. The van der Waals surface area contributed by atoms with E-state index in [4.69, 9.17) is 0 Å². The second-order valence-corrected chi connectivity index (χ2v) is 9.67. The van der Waals surface area contributed by atoms with Crippen LogP contribution < -0.4 is 0 Å². The van der Waals surface area contributed by atoms with Crippen molar-refractivity contribution in [3.8, 4) is 0 Å². The fourth-order valence-electron chi connectivity index (χ4n) is 4.43. The Hall–Kier alpha value is -0.780. The van der Waals surface area contributed by atoms with E-state index in [-0.39, 0.29) is 0 Å². The van der Waals surface area contributed by atoms with Gasteiger partial charge in [0.05, 0.1) is 0 Å². The highest BCUT2D eigenvalue weighted by Crippen LogP contribution is 2.20. The number of hydrogen-bond acceptors (Lipinski definition) is 0. The molecular formula is C31H58. The lowest BCUT2D eigenvalue weighted by Gasteiger charge is -2.09. The van der Waals surface area contributed by atoms with Crippen molar-refractivity contribution >= 4 is 0 Å². The molecule has 31 heavy (non-hydrogen) atoms. The molecule has 0 radical (unpaired) electrons. The first-order chi connectivity index (χ1) is 15.3. The summed E-state index contributed by atoms with van der Waals surface area (Å²) < 4.78 is 0. The zero-order chi connectivity index (χ0) is 22.7. The van der Waals surface area contributed by atoms with Gasteiger partial charge in [-0.15, -0.1) is 13.2 Å². The Kier molecular flexibility index (Phi) is 26.6. The second kappa shape index (κ2) is 27.3. The largest absolute Gasteiger partial charge is 0.103 e. The minimum atomic E-state index is 1.19. The van der Waals surface area contributed by atoms with Crippen LogP contribution in [-0.2, 0) is 0 Å². The Morgan fingerprint density at radius 3 is 1.23 bits per heavy atom. The molecule has 0 spiro atoms. The number of unbranched alkanes of at least 4 members (excludes halogenated alkanes) is 19. The first-order valence-electron chi connectivity index (χ1n) is 14.2. The SMILES string of the molecule is C=CCCCCCCCCC(=CCCCCCCCCCC)CCCCCCCC=C. The van der Waals surface area contributed by atoms with Crippen molar-refractivity contribution in [3.63, 3.8) is 0 Å². The van der Waals surface area contributed by atoms with Crippen LogP contribution in [-0.4, -0.2) is 0 Å². The van der Waals surface area contributed by atoms with Crippen molar-refractivity contribution in [1.29, 1.82) is 0 Å². The zero-order valence-corrected chi connectivity index (χ0v) is 21.6. The summed E-state index contributed by atoms with van der Waals surface area (Å²) >= 11 is 0. The Morgan fingerprint density at radius 1 is 0.452 bits per heavy atom. The number of rotatable bonds is 26. The maximum atomic E-state index is 3.83. The predicted octanol–water partition coefficient (Wildman–Crippen LogP) is 11.7. The van der Waals surface area contributed by atoms with Crippen molar-refractivity contribution in [2.45, 2.75) is 161 Å². The van der Waals surface area contributed by atoms with Crippen molar-refractivity contribution in [3.05, 3.63) is 37.0 Å². The number of allylic oxidation sites excluding steroid dienone is 4. The van der Waals surface area contributed by atoms with E-state index in [0.29, 0.717) is 0 Å². The molecule has 0 unspecified atom stereocenters. The topological polar surface area (TPSA) is 0 Å². The van der Waals surface area contributed by atoms with Crippen LogP contribution in [0.4, 0.5) is 0 Å². The van der Waals surface area contributed by atoms with Gasteiger partial charge in [-0.25, -0.2) is 0 Å². The van der Waals surface area contributed by atoms with E-state index in [1.54, 1.807) is 5.57 Å². The maximum Gasteiger partial charge on any atom is -0.0320 e. The van der Waals surface area contributed by atoms with Gasteiger partial charge in [-0.2, -0.15) is 0 Å². The predicted molar refractivity (Wildman–Crippen MR) is 145 cm³/mol. The third-order valence-corrected chi connectivity index (χ3v) is 6.55. The summed E-state index contributed by atoms with van der Waals surface area (Å²) in [6.07, 6.45) is 39.9. The first kappa shape index (κ1) is 30.2. The molecule has 0 amide bonds. The van der Waals surface area contributed by atoms with Crippen LogP contribution >= 0.6 is 0 Å². The molecule has 0 nitrogen and oxygen atoms in total. The third kappa shape index (κ3) is 25.4. The lowest BCUT2D eigenvalue weighted by atomic mass is 9.97. The van der Waals surface area contributed by atoms with Gasteiger partial charge in [0.1, 0.15) is 0 Å². The van der Waals surface area contributed by atoms with Gasteiger partial charge in [0.25, 0.3) is 0 Å². The summed E-state index contributed by atoms with van der Waals surface area (Å²) in [4.78, 5) is 0. The zero-order valence-electron chi connectivity index (χ0n) is 21.6. The summed E-state index contributed by atoms with van der Waals surface area (Å²) in [5, 5.41) is 0. The molecule has 0 atom stereocenters. The summed E-state index contributed by atoms with van der Waals surface area (Å²) in [6, 6.07) is 0. The van der Waals surface area contributed by atoms with E-state index in [9.17, 15) is 0 Å². The molecule has 0 aromatic heterocycles. The van der Waals surface area contributed by atoms with Gasteiger partial charge < -0.3 is 0 Å². The van der Waals surface area contributed by atoms with Gasteiger partial charge in [0, 0.05) is 0 Å². The normalized spacial score (nSPS) is 11.7. The van der Waals surface area contributed by atoms with Gasteiger partial charge >= 0.3 is 0 Å².